The number of allylic oxidation sites excluding steroid dienone is 3. The molecule has 1 aliphatic heterocycles. The summed E-state index contributed by atoms with van der Waals surface area (Å²) in [4.78, 5) is 60.5. The average Bonchev–Trinajstić information content (AvgIpc) is 3.17. The van der Waals surface area contributed by atoms with Crippen LogP contribution in [0.2, 0.25) is 0 Å². The van der Waals surface area contributed by atoms with Gasteiger partial charge in [-0.2, -0.15) is 0 Å². The highest BCUT2D eigenvalue weighted by Gasteiger charge is 2.32. The van der Waals surface area contributed by atoms with Crippen LogP contribution in [0.1, 0.15) is 99.8 Å². The van der Waals surface area contributed by atoms with E-state index in [0.717, 1.165) is 18.4 Å². The molecule has 7 atom stereocenters. The second kappa shape index (κ2) is 17.9. The number of ketones is 2. The summed E-state index contributed by atoms with van der Waals surface area (Å²) in [5, 5.41) is 21.3. The molecule has 0 bridgehead atoms. The summed E-state index contributed by atoms with van der Waals surface area (Å²) in [5.41, 5.74) is 1.25. The Morgan fingerprint density at radius 2 is 1.60 bits per heavy atom. The molecule has 1 rings (SSSR count). The van der Waals surface area contributed by atoms with Crippen LogP contribution in [0.5, 0.6) is 0 Å². The van der Waals surface area contributed by atoms with Crippen molar-refractivity contribution >= 4 is 29.5 Å². The molecule has 2 N–H and O–H groups in total. The van der Waals surface area contributed by atoms with E-state index in [-0.39, 0.29) is 53.8 Å². The Morgan fingerprint density at radius 1 is 0.952 bits per heavy atom. The van der Waals surface area contributed by atoms with Crippen molar-refractivity contribution in [1.82, 2.24) is 0 Å². The van der Waals surface area contributed by atoms with E-state index in [4.69, 9.17) is 4.74 Å². The zero-order chi connectivity index (χ0) is 32.1. The largest absolute Gasteiger partial charge is 0.462 e. The number of cyclic esters (lactones) is 2. The van der Waals surface area contributed by atoms with Crippen LogP contribution in [-0.2, 0) is 33.4 Å². The molecule has 0 aromatic heterocycles. The molecule has 1 aliphatic rings. The molecular weight excluding hydrogens is 540 g/mol. The predicted molar refractivity (Wildman–Crippen MR) is 159 cm³/mol. The summed E-state index contributed by atoms with van der Waals surface area (Å²) in [6.07, 6.45) is 3.59. The molecule has 0 aromatic rings. The molecular formula is C33H50O9. The Balaban J connectivity index is 2.46. The summed E-state index contributed by atoms with van der Waals surface area (Å²) >= 11 is 0. The third-order valence-electron chi connectivity index (χ3n) is 8.26. The van der Waals surface area contributed by atoms with Crippen molar-refractivity contribution in [2.24, 2.45) is 23.7 Å². The second-order valence-electron chi connectivity index (χ2n) is 11.9. The number of Topliss-reactive ketones (excluding diaryl/α,β-unsaturated/α-hetero) is 1. The molecule has 0 spiro atoms. The fraction of sp³-hybridized carbons (Fsp3) is 0.667. The van der Waals surface area contributed by atoms with E-state index in [9.17, 15) is 34.2 Å². The minimum absolute atomic E-state index is 0.00924. The van der Waals surface area contributed by atoms with Gasteiger partial charge < -0.3 is 19.7 Å². The standard InChI is InChI=1S/C33H50O9/c1-9-25(10-2)17-26(34)16-20(4)15-19(3)11-13-28(35)23(7)30(37)18-29(36)21(5)24(8)41-31(38)14-12-27-22(6)32(39)42-33(27)40/h9,17,19-21,23-24,28-29,35-36H,1,10-16,18H2,2-8H3/t19-,20+,21+,23-,24+,28-,29+/m0/s1. The Bertz CT molecular complexity index is 1050. The van der Waals surface area contributed by atoms with Crippen LogP contribution in [-0.4, -0.2) is 58.0 Å². The normalized spacial score (nSPS) is 18.9. The third kappa shape index (κ3) is 12.1. The van der Waals surface area contributed by atoms with Gasteiger partial charge in [0, 0.05) is 42.2 Å². The number of ether oxygens (including phenoxy) is 2. The van der Waals surface area contributed by atoms with E-state index in [2.05, 4.69) is 18.2 Å². The fourth-order valence-electron chi connectivity index (χ4n) is 5.00. The smallest absolute Gasteiger partial charge is 0.342 e. The topological polar surface area (TPSA) is 144 Å². The number of esters is 3. The molecule has 0 amide bonds. The highest BCUT2D eigenvalue weighted by Crippen LogP contribution is 2.25. The first-order valence-electron chi connectivity index (χ1n) is 15.0. The minimum atomic E-state index is -1.08. The molecule has 0 aliphatic carbocycles. The van der Waals surface area contributed by atoms with Gasteiger partial charge in [-0.05, 0) is 69.4 Å². The molecule has 9 heteroatoms. The number of carbonyl (C=O) groups excluding carboxylic acids is 5. The monoisotopic (exact) mass is 590 g/mol. The van der Waals surface area contributed by atoms with Gasteiger partial charge >= 0.3 is 17.9 Å². The van der Waals surface area contributed by atoms with Gasteiger partial charge in [-0.3, -0.25) is 14.4 Å². The fourth-order valence-corrected chi connectivity index (χ4v) is 5.00. The van der Waals surface area contributed by atoms with Crippen LogP contribution in [0.15, 0.2) is 35.5 Å². The molecule has 0 saturated heterocycles. The maximum atomic E-state index is 12.8. The van der Waals surface area contributed by atoms with Crippen molar-refractivity contribution < 1.29 is 43.7 Å². The SMILES string of the molecule is C=CC(=CC(=O)C[C@H](C)C[C@@H](C)CC[C@H](O)[C@H](C)C(=O)C[C@@H](O)[C@H](C)[C@@H](C)OC(=O)CCC1=C(C)C(=O)OC1=O)CC. The van der Waals surface area contributed by atoms with Gasteiger partial charge in [0.25, 0.3) is 0 Å². The van der Waals surface area contributed by atoms with Crippen LogP contribution < -0.4 is 0 Å². The summed E-state index contributed by atoms with van der Waals surface area (Å²) in [6.45, 7) is 16.2. The van der Waals surface area contributed by atoms with E-state index in [1.54, 1.807) is 32.9 Å². The Kier molecular flexibility index (Phi) is 15.8. The first kappa shape index (κ1) is 37.1. The molecule has 0 unspecified atom stereocenters. The third-order valence-corrected chi connectivity index (χ3v) is 8.26. The maximum absolute atomic E-state index is 12.8. The lowest BCUT2D eigenvalue weighted by molar-refractivity contribution is -0.152. The van der Waals surface area contributed by atoms with Gasteiger partial charge in [0.2, 0.25) is 0 Å². The number of aliphatic hydroxyl groups excluding tert-OH is 2. The Hall–Kier alpha value is -2.91. The Morgan fingerprint density at radius 3 is 2.14 bits per heavy atom. The van der Waals surface area contributed by atoms with Gasteiger partial charge in [-0.1, -0.05) is 47.3 Å². The van der Waals surface area contributed by atoms with E-state index in [0.29, 0.717) is 19.3 Å². The van der Waals surface area contributed by atoms with Gasteiger partial charge in [-0.15, -0.1) is 0 Å². The average molecular weight is 591 g/mol. The molecule has 236 valence electrons. The van der Waals surface area contributed by atoms with Crippen LogP contribution in [0.25, 0.3) is 0 Å². The van der Waals surface area contributed by atoms with E-state index >= 15 is 0 Å². The van der Waals surface area contributed by atoms with Crippen molar-refractivity contribution in [3.05, 3.63) is 35.5 Å². The van der Waals surface area contributed by atoms with Crippen molar-refractivity contribution in [2.75, 3.05) is 0 Å². The van der Waals surface area contributed by atoms with E-state index < -0.39 is 48.1 Å². The number of hydrogen-bond donors (Lipinski definition) is 2. The number of rotatable bonds is 20. The summed E-state index contributed by atoms with van der Waals surface area (Å²) in [7, 11) is 0. The predicted octanol–water partition coefficient (Wildman–Crippen LogP) is 4.98. The first-order chi connectivity index (χ1) is 19.6. The number of aliphatic hydroxyl groups is 2. The lowest BCUT2D eigenvalue weighted by Gasteiger charge is -2.26. The van der Waals surface area contributed by atoms with Gasteiger partial charge in [0.05, 0.1) is 12.2 Å². The van der Waals surface area contributed by atoms with Crippen LogP contribution in [0.3, 0.4) is 0 Å². The quantitative estimate of drug-likeness (QED) is 0.0868. The molecule has 0 fully saturated rings. The lowest BCUT2D eigenvalue weighted by atomic mass is 9.85. The van der Waals surface area contributed by atoms with Crippen molar-refractivity contribution in [2.45, 2.75) is 118 Å². The summed E-state index contributed by atoms with van der Waals surface area (Å²) in [5.74, 6) is -3.03. The maximum Gasteiger partial charge on any atom is 0.342 e. The van der Waals surface area contributed by atoms with Crippen LogP contribution in [0, 0.1) is 23.7 Å². The highest BCUT2D eigenvalue weighted by molar-refractivity contribution is 6.12. The molecule has 9 nitrogen and oxygen atoms in total. The molecule has 0 radical (unpaired) electrons. The molecule has 0 aromatic carbocycles. The van der Waals surface area contributed by atoms with Crippen molar-refractivity contribution in [1.29, 1.82) is 0 Å². The zero-order valence-corrected chi connectivity index (χ0v) is 26.3. The zero-order valence-electron chi connectivity index (χ0n) is 26.3. The van der Waals surface area contributed by atoms with Crippen molar-refractivity contribution in [3.8, 4) is 0 Å². The molecule has 1 heterocycles. The minimum Gasteiger partial charge on any atom is -0.462 e. The first-order valence-corrected chi connectivity index (χ1v) is 15.0. The van der Waals surface area contributed by atoms with Crippen LogP contribution in [0.4, 0.5) is 0 Å². The Labute approximate surface area is 250 Å². The highest BCUT2D eigenvalue weighted by atomic mass is 16.6. The molecule has 42 heavy (non-hydrogen) atoms. The molecule has 0 saturated carbocycles. The summed E-state index contributed by atoms with van der Waals surface area (Å²) in [6, 6.07) is 0. The lowest BCUT2D eigenvalue weighted by Crippen LogP contribution is -2.35. The number of hydrogen-bond acceptors (Lipinski definition) is 9. The van der Waals surface area contributed by atoms with Crippen LogP contribution >= 0.6 is 0 Å². The van der Waals surface area contributed by atoms with E-state index in [1.165, 1.54) is 6.92 Å². The summed E-state index contributed by atoms with van der Waals surface area (Å²) < 4.78 is 9.89. The van der Waals surface area contributed by atoms with Gasteiger partial charge in [0.1, 0.15) is 11.9 Å². The van der Waals surface area contributed by atoms with Crippen molar-refractivity contribution in [3.63, 3.8) is 0 Å². The van der Waals surface area contributed by atoms with Gasteiger partial charge in [-0.25, -0.2) is 9.59 Å². The van der Waals surface area contributed by atoms with Gasteiger partial charge in [0.15, 0.2) is 5.78 Å². The second-order valence-corrected chi connectivity index (χ2v) is 11.9. The number of carbonyl (C=O) groups is 5. The van der Waals surface area contributed by atoms with E-state index in [1.807, 2.05) is 13.8 Å².